The maximum Gasteiger partial charge on any atom is 0.326 e. The van der Waals surface area contributed by atoms with Crippen LogP contribution in [0.5, 0.6) is 0 Å². The van der Waals surface area contributed by atoms with Crippen molar-refractivity contribution in [3.8, 4) is 0 Å². The number of carbonyl (C=O) groups is 2. The number of aromatic amines is 2. The number of rotatable bonds is 2. The quantitative estimate of drug-likeness (QED) is 0.716. The molecule has 1 aliphatic rings. The van der Waals surface area contributed by atoms with E-state index in [2.05, 4.69) is 10.3 Å². The lowest BCUT2D eigenvalue weighted by atomic mass is 9.92. The molecule has 0 bridgehead atoms. The Morgan fingerprint density at radius 1 is 1.11 bits per heavy atom. The van der Waals surface area contributed by atoms with E-state index >= 15 is 0 Å². The fraction of sp³-hybridized carbons (Fsp3) is 0.368. The number of hydrogen-bond acceptors (Lipinski definition) is 4. The molecule has 0 spiro atoms. The SMILES string of the molecule is CC(C)(C)NC(=O)[C@@H]1Cc2ccccc2CN1C(=O)c1cc(=O)[nH]c(=O)[nH]1. The summed E-state index contributed by atoms with van der Waals surface area (Å²) in [5, 5.41) is 2.91. The Balaban J connectivity index is 2.00. The van der Waals surface area contributed by atoms with Crippen molar-refractivity contribution in [2.75, 3.05) is 0 Å². The van der Waals surface area contributed by atoms with Gasteiger partial charge in [-0.25, -0.2) is 4.79 Å². The van der Waals surface area contributed by atoms with E-state index in [-0.39, 0.29) is 18.1 Å². The number of hydrogen-bond donors (Lipinski definition) is 3. The molecule has 1 atom stereocenters. The Hall–Kier alpha value is -3.16. The van der Waals surface area contributed by atoms with Crippen LogP contribution in [0.1, 0.15) is 42.4 Å². The first-order valence-corrected chi connectivity index (χ1v) is 8.67. The monoisotopic (exact) mass is 370 g/mol. The average molecular weight is 370 g/mol. The van der Waals surface area contributed by atoms with Crippen molar-refractivity contribution in [1.82, 2.24) is 20.2 Å². The second kappa shape index (κ2) is 6.86. The van der Waals surface area contributed by atoms with Crippen molar-refractivity contribution in [3.63, 3.8) is 0 Å². The summed E-state index contributed by atoms with van der Waals surface area (Å²) in [6, 6.07) is 7.88. The largest absolute Gasteiger partial charge is 0.350 e. The molecule has 2 heterocycles. The molecular weight excluding hydrogens is 348 g/mol. The number of carbonyl (C=O) groups excluding carboxylic acids is 2. The van der Waals surface area contributed by atoms with Crippen molar-refractivity contribution in [2.24, 2.45) is 0 Å². The van der Waals surface area contributed by atoms with Crippen LogP contribution in [0.25, 0.3) is 0 Å². The molecule has 0 saturated heterocycles. The molecule has 27 heavy (non-hydrogen) atoms. The van der Waals surface area contributed by atoms with Gasteiger partial charge in [-0.3, -0.25) is 19.4 Å². The van der Waals surface area contributed by atoms with Crippen molar-refractivity contribution >= 4 is 11.8 Å². The number of aromatic nitrogens is 2. The second-order valence-electron chi connectivity index (χ2n) is 7.66. The lowest BCUT2D eigenvalue weighted by molar-refractivity contribution is -0.127. The van der Waals surface area contributed by atoms with E-state index in [4.69, 9.17) is 0 Å². The zero-order valence-corrected chi connectivity index (χ0v) is 15.5. The van der Waals surface area contributed by atoms with Gasteiger partial charge >= 0.3 is 5.69 Å². The Bertz CT molecular complexity index is 971. The van der Waals surface area contributed by atoms with Crippen LogP contribution in [0.2, 0.25) is 0 Å². The Labute approximate surface area is 155 Å². The minimum Gasteiger partial charge on any atom is -0.350 e. The molecule has 2 aromatic rings. The molecule has 0 saturated carbocycles. The highest BCUT2D eigenvalue weighted by Crippen LogP contribution is 2.25. The van der Waals surface area contributed by atoms with E-state index in [0.29, 0.717) is 6.42 Å². The molecular formula is C19H22N4O4. The first-order valence-electron chi connectivity index (χ1n) is 8.67. The summed E-state index contributed by atoms with van der Waals surface area (Å²) < 4.78 is 0. The average Bonchev–Trinajstić information content (AvgIpc) is 2.57. The highest BCUT2D eigenvalue weighted by atomic mass is 16.2. The number of nitrogens with zero attached hydrogens (tertiary/aromatic N) is 1. The third kappa shape index (κ3) is 4.16. The summed E-state index contributed by atoms with van der Waals surface area (Å²) in [5.74, 6) is -0.848. The van der Waals surface area contributed by atoms with Crippen LogP contribution in [0.4, 0.5) is 0 Å². The molecule has 8 heteroatoms. The second-order valence-corrected chi connectivity index (χ2v) is 7.66. The summed E-state index contributed by atoms with van der Waals surface area (Å²) in [5.41, 5.74) is -0.111. The standard InChI is InChI=1S/C19H22N4O4/c1-19(2,3)22-16(25)14-8-11-6-4-5-7-12(11)10-23(14)17(26)13-9-15(24)21-18(27)20-13/h4-7,9,14H,8,10H2,1-3H3,(H,22,25)(H2,20,21,24,27)/t14-/m0/s1. The third-order valence-corrected chi connectivity index (χ3v) is 4.30. The van der Waals surface area contributed by atoms with Crippen LogP contribution in [-0.4, -0.2) is 38.3 Å². The van der Waals surface area contributed by atoms with Crippen LogP contribution in [0, 0.1) is 0 Å². The number of amides is 2. The highest BCUT2D eigenvalue weighted by Gasteiger charge is 2.36. The van der Waals surface area contributed by atoms with Gasteiger partial charge in [0.05, 0.1) is 0 Å². The molecule has 0 aliphatic carbocycles. The molecule has 0 radical (unpaired) electrons. The molecule has 2 amide bonds. The van der Waals surface area contributed by atoms with Gasteiger partial charge in [0.1, 0.15) is 11.7 Å². The van der Waals surface area contributed by atoms with E-state index in [1.165, 1.54) is 4.90 Å². The van der Waals surface area contributed by atoms with Crippen molar-refractivity contribution < 1.29 is 9.59 Å². The summed E-state index contributed by atoms with van der Waals surface area (Å²) in [7, 11) is 0. The Morgan fingerprint density at radius 2 is 1.78 bits per heavy atom. The van der Waals surface area contributed by atoms with E-state index in [0.717, 1.165) is 17.2 Å². The van der Waals surface area contributed by atoms with Gasteiger partial charge in [0, 0.05) is 24.6 Å². The summed E-state index contributed by atoms with van der Waals surface area (Å²) in [6.45, 7) is 5.80. The maximum absolute atomic E-state index is 13.0. The van der Waals surface area contributed by atoms with Crippen molar-refractivity contribution in [3.05, 3.63) is 68.0 Å². The van der Waals surface area contributed by atoms with Crippen LogP contribution in [0.15, 0.2) is 39.9 Å². The summed E-state index contributed by atoms with van der Waals surface area (Å²) in [4.78, 5) is 54.8. The molecule has 3 N–H and O–H groups in total. The highest BCUT2D eigenvalue weighted by molar-refractivity contribution is 5.96. The minimum absolute atomic E-state index is 0.142. The molecule has 0 fully saturated rings. The first kappa shape index (κ1) is 18.6. The Kier molecular flexibility index (Phi) is 4.73. The molecule has 1 aromatic carbocycles. The molecule has 3 rings (SSSR count). The molecule has 1 aliphatic heterocycles. The molecule has 142 valence electrons. The lowest BCUT2D eigenvalue weighted by Gasteiger charge is -2.37. The smallest absolute Gasteiger partial charge is 0.326 e. The fourth-order valence-corrected chi connectivity index (χ4v) is 3.16. The maximum atomic E-state index is 13.0. The van der Waals surface area contributed by atoms with Crippen molar-refractivity contribution in [1.29, 1.82) is 0 Å². The van der Waals surface area contributed by atoms with Gasteiger partial charge in [-0.1, -0.05) is 24.3 Å². The number of benzene rings is 1. The fourth-order valence-electron chi connectivity index (χ4n) is 3.16. The van der Waals surface area contributed by atoms with Gasteiger partial charge in [-0.2, -0.15) is 0 Å². The number of nitrogens with one attached hydrogen (secondary N) is 3. The van der Waals surface area contributed by atoms with Gasteiger partial charge in [0.15, 0.2) is 0 Å². The molecule has 8 nitrogen and oxygen atoms in total. The summed E-state index contributed by atoms with van der Waals surface area (Å²) in [6.07, 6.45) is 0.358. The molecule has 1 aromatic heterocycles. The van der Waals surface area contributed by atoms with Gasteiger partial charge in [0.2, 0.25) is 5.91 Å². The van der Waals surface area contributed by atoms with E-state index < -0.39 is 28.7 Å². The molecule has 0 unspecified atom stereocenters. The zero-order chi connectivity index (χ0) is 19.8. The topological polar surface area (TPSA) is 115 Å². The van der Waals surface area contributed by atoms with Gasteiger partial charge in [0.25, 0.3) is 11.5 Å². The van der Waals surface area contributed by atoms with E-state index in [9.17, 15) is 19.2 Å². The van der Waals surface area contributed by atoms with Crippen LogP contribution >= 0.6 is 0 Å². The summed E-state index contributed by atoms with van der Waals surface area (Å²) >= 11 is 0. The first-order chi connectivity index (χ1) is 12.6. The Morgan fingerprint density at radius 3 is 2.41 bits per heavy atom. The third-order valence-electron chi connectivity index (χ3n) is 4.30. The zero-order valence-electron chi connectivity index (χ0n) is 15.5. The minimum atomic E-state index is -0.765. The van der Waals surface area contributed by atoms with E-state index in [1.807, 2.05) is 50.0 Å². The van der Waals surface area contributed by atoms with Gasteiger partial charge in [-0.15, -0.1) is 0 Å². The van der Waals surface area contributed by atoms with Gasteiger partial charge < -0.3 is 15.2 Å². The van der Waals surface area contributed by atoms with Crippen LogP contribution < -0.4 is 16.6 Å². The number of H-pyrrole nitrogens is 2. The van der Waals surface area contributed by atoms with E-state index in [1.54, 1.807) is 0 Å². The number of fused-ring (bicyclic) bond motifs is 1. The van der Waals surface area contributed by atoms with Crippen molar-refractivity contribution in [2.45, 2.75) is 45.3 Å². The lowest BCUT2D eigenvalue weighted by Crippen LogP contribution is -2.56. The predicted octanol–water partition coefficient (Wildman–Crippen LogP) is 0.545. The predicted molar refractivity (Wildman–Crippen MR) is 99.4 cm³/mol. The normalized spacial score (nSPS) is 16.6. The van der Waals surface area contributed by atoms with Gasteiger partial charge in [-0.05, 0) is 31.9 Å². The van der Waals surface area contributed by atoms with Crippen LogP contribution in [-0.2, 0) is 17.8 Å². The van der Waals surface area contributed by atoms with Crippen LogP contribution in [0.3, 0.4) is 0 Å².